The van der Waals surface area contributed by atoms with Crippen LogP contribution in [0.2, 0.25) is 0 Å². The molecule has 2 heteroatoms. The molecule has 1 fully saturated rings. The lowest BCUT2D eigenvalue weighted by Crippen LogP contribution is -2.41. The first-order valence-corrected chi connectivity index (χ1v) is 6.70. The Labute approximate surface area is 95.0 Å². The number of ether oxygens (including phenoxy) is 1. The molecular formula is C13H27NO. The van der Waals surface area contributed by atoms with Crippen molar-refractivity contribution in [1.29, 1.82) is 0 Å². The molecule has 0 N–H and O–H groups in total. The largest absolute Gasteiger partial charge is 0.380 e. The van der Waals surface area contributed by atoms with Crippen LogP contribution < -0.4 is 0 Å². The maximum Gasteiger partial charge on any atom is 0.0593 e. The van der Waals surface area contributed by atoms with E-state index in [1.807, 2.05) is 0 Å². The third-order valence-corrected chi connectivity index (χ3v) is 3.37. The molecule has 1 unspecified atom stereocenters. The smallest absolute Gasteiger partial charge is 0.0593 e. The molecule has 0 saturated carbocycles. The van der Waals surface area contributed by atoms with Gasteiger partial charge >= 0.3 is 0 Å². The summed E-state index contributed by atoms with van der Waals surface area (Å²) in [6, 6.07) is 0.846. The normalized spacial score (nSPS) is 23.2. The number of piperidine rings is 1. The zero-order valence-electron chi connectivity index (χ0n) is 10.5. The maximum atomic E-state index is 5.45. The van der Waals surface area contributed by atoms with Gasteiger partial charge in [-0.05, 0) is 32.7 Å². The highest BCUT2D eigenvalue weighted by Crippen LogP contribution is 2.20. The minimum atomic E-state index is 0.846. The van der Waals surface area contributed by atoms with Gasteiger partial charge < -0.3 is 4.74 Å². The summed E-state index contributed by atoms with van der Waals surface area (Å²) >= 11 is 0. The SMILES string of the molecule is CCCCC1CCCCN1CCOCC. The third-order valence-electron chi connectivity index (χ3n) is 3.37. The van der Waals surface area contributed by atoms with Crippen LogP contribution in [0.25, 0.3) is 0 Å². The molecule has 15 heavy (non-hydrogen) atoms. The predicted octanol–water partition coefficient (Wildman–Crippen LogP) is 3.07. The Morgan fingerprint density at radius 1 is 1.27 bits per heavy atom. The van der Waals surface area contributed by atoms with E-state index in [1.165, 1.54) is 45.1 Å². The fraction of sp³-hybridized carbons (Fsp3) is 1.00. The average molecular weight is 213 g/mol. The average Bonchev–Trinajstić information content (AvgIpc) is 2.28. The second kappa shape index (κ2) is 8.12. The Morgan fingerprint density at radius 2 is 2.13 bits per heavy atom. The van der Waals surface area contributed by atoms with E-state index in [0.717, 1.165) is 25.8 Å². The van der Waals surface area contributed by atoms with Crippen molar-refractivity contribution in [2.45, 2.75) is 58.4 Å². The highest BCUT2D eigenvalue weighted by molar-refractivity contribution is 4.76. The predicted molar refractivity (Wildman–Crippen MR) is 65.2 cm³/mol. The van der Waals surface area contributed by atoms with E-state index in [0.29, 0.717) is 0 Å². The molecule has 0 aliphatic carbocycles. The molecule has 0 bridgehead atoms. The lowest BCUT2D eigenvalue weighted by atomic mass is 9.97. The van der Waals surface area contributed by atoms with Gasteiger partial charge in [-0.3, -0.25) is 4.90 Å². The van der Waals surface area contributed by atoms with Gasteiger partial charge in [-0.15, -0.1) is 0 Å². The number of hydrogen-bond donors (Lipinski definition) is 0. The zero-order chi connectivity index (χ0) is 10.9. The van der Waals surface area contributed by atoms with Gasteiger partial charge in [0, 0.05) is 19.2 Å². The van der Waals surface area contributed by atoms with Gasteiger partial charge in [0.15, 0.2) is 0 Å². The Morgan fingerprint density at radius 3 is 2.87 bits per heavy atom. The summed E-state index contributed by atoms with van der Waals surface area (Å²) in [7, 11) is 0. The van der Waals surface area contributed by atoms with Crippen molar-refractivity contribution in [2.75, 3.05) is 26.3 Å². The van der Waals surface area contributed by atoms with Gasteiger partial charge in [0.05, 0.1) is 6.61 Å². The van der Waals surface area contributed by atoms with Crippen LogP contribution in [0.15, 0.2) is 0 Å². The molecule has 1 rings (SSSR count). The molecule has 0 aromatic carbocycles. The minimum absolute atomic E-state index is 0.846. The summed E-state index contributed by atoms with van der Waals surface area (Å²) in [6.07, 6.45) is 8.33. The topological polar surface area (TPSA) is 12.5 Å². The number of nitrogens with zero attached hydrogens (tertiary/aromatic N) is 1. The number of unbranched alkanes of at least 4 members (excludes halogenated alkanes) is 1. The summed E-state index contributed by atoms with van der Waals surface area (Å²) in [5, 5.41) is 0. The van der Waals surface area contributed by atoms with Gasteiger partial charge in [-0.2, -0.15) is 0 Å². The van der Waals surface area contributed by atoms with E-state index in [1.54, 1.807) is 0 Å². The van der Waals surface area contributed by atoms with Crippen LogP contribution in [0.1, 0.15) is 52.4 Å². The van der Waals surface area contributed by atoms with Crippen molar-refractivity contribution < 1.29 is 4.74 Å². The third kappa shape index (κ3) is 4.98. The molecule has 0 amide bonds. The number of likely N-dealkylation sites (tertiary alicyclic amines) is 1. The van der Waals surface area contributed by atoms with Crippen LogP contribution >= 0.6 is 0 Å². The first-order valence-electron chi connectivity index (χ1n) is 6.70. The Balaban J connectivity index is 2.22. The molecule has 2 nitrogen and oxygen atoms in total. The summed E-state index contributed by atoms with van der Waals surface area (Å²) < 4.78 is 5.45. The Kier molecular flexibility index (Phi) is 7.03. The fourth-order valence-corrected chi connectivity index (χ4v) is 2.45. The van der Waals surface area contributed by atoms with Crippen molar-refractivity contribution in [3.63, 3.8) is 0 Å². The summed E-state index contributed by atoms with van der Waals surface area (Å²) in [6.45, 7) is 8.56. The molecule has 1 saturated heterocycles. The Bertz CT molecular complexity index is 149. The summed E-state index contributed by atoms with van der Waals surface area (Å²) in [5.41, 5.74) is 0. The highest BCUT2D eigenvalue weighted by atomic mass is 16.5. The van der Waals surface area contributed by atoms with E-state index in [9.17, 15) is 0 Å². The lowest BCUT2D eigenvalue weighted by molar-refractivity contribution is 0.0737. The van der Waals surface area contributed by atoms with Gasteiger partial charge in [-0.1, -0.05) is 26.2 Å². The van der Waals surface area contributed by atoms with E-state index in [2.05, 4.69) is 18.7 Å². The Hall–Kier alpha value is -0.0800. The standard InChI is InChI=1S/C13H27NO/c1-3-5-8-13-9-6-7-10-14(13)11-12-15-4-2/h13H,3-12H2,1-2H3. The van der Waals surface area contributed by atoms with Crippen LogP contribution in [0.4, 0.5) is 0 Å². The van der Waals surface area contributed by atoms with Crippen LogP contribution in [-0.4, -0.2) is 37.2 Å². The summed E-state index contributed by atoms with van der Waals surface area (Å²) in [4.78, 5) is 2.65. The van der Waals surface area contributed by atoms with Gasteiger partial charge in [0.1, 0.15) is 0 Å². The second-order valence-corrected chi connectivity index (χ2v) is 4.52. The van der Waals surface area contributed by atoms with Gasteiger partial charge in [-0.25, -0.2) is 0 Å². The van der Waals surface area contributed by atoms with Crippen LogP contribution in [-0.2, 0) is 4.74 Å². The quantitative estimate of drug-likeness (QED) is 0.603. The second-order valence-electron chi connectivity index (χ2n) is 4.52. The molecule has 1 aliphatic rings. The highest BCUT2D eigenvalue weighted by Gasteiger charge is 2.20. The van der Waals surface area contributed by atoms with Crippen molar-refractivity contribution in [1.82, 2.24) is 4.90 Å². The molecule has 1 heterocycles. The van der Waals surface area contributed by atoms with Crippen LogP contribution in [0, 0.1) is 0 Å². The van der Waals surface area contributed by atoms with Crippen molar-refractivity contribution >= 4 is 0 Å². The molecule has 0 radical (unpaired) electrons. The van der Waals surface area contributed by atoms with Crippen LogP contribution in [0.5, 0.6) is 0 Å². The van der Waals surface area contributed by atoms with E-state index < -0.39 is 0 Å². The first-order chi connectivity index (χ1) is 7.38. The number of hydrogen-bond acceptors (Lipinski definition) is 2. The zero-order valence-corrected chi connectivity index (χ0v) is 10.5. The van der Waals surface area contributed by atoms with Gasteiger partial charge in [0.2, 0.25) is 0 Å². The lowest BCUT2D eigenvalue weighted by Gasteiger charge is -2.35. The minimum Gasteiger partial charge on any atom is -0.380 e. The number of rotatable bonds is 7. The molecule has 90 valence electrons. The monoisotopic (exact) mass is 213 g/mol. The molecule has 0 spiro atoms. The summed E-state index contributed by atoms with van der Waals surface area (Å²) in [5.74, 6) is 0. The molecule has 1 atom stereocenters. The fourth-order valence-electron chi connectivity index (χ4n) is 2.45. The van der Waals surface area contributed by atoms with Gasteiger partial charge in [0.25, 0.3) is 0 Å². The maximum absolute atomic E-state index is 5.45. The molecule has 0 aromatic rings. The van der Waals surface area contributed by atoms with E-state index in [-0.39, 0.29) is 0 Å². The van der Waals surface area contributed by atoms with Crippen LogP contribution in [0.3, 0.4) is 0 Å². The van der Waals surface area contributed by atoms with E-state index in [4.69, 9.17) is 4.74 Å². The van der Waals surface area contributed by atoms with E-state index >= 15 is 0 Å². The molecule has 1 aliphatic heterocycles. The molecular weight excluding hydrogens is 186 g/mol. The van der Waals surface area contributed by atoms with Crippen molar-refractivity contribution in [3.05, 3.63) is 0 Å². The first kappa shape index (κ1) is 13.0. The van der Waals surface area contributed by atoms with Crippen molar-refractivity contribution in [3.8, 4) is 0 Å². The molecule has 0 aromatic heterocycles. The van der Waals surface area contributed by atoms with Crippen molar-refractivity contribution in [2.24, 2.45) is 0 Å².